The van der Waals surface area contributed by atoms with Crippen LogP contribution in [0.3, 0.4) is 0 Å². The Hall–Kier alpha value is -2.95. The second-order valence-electron chi connectivity index (χ2n) is 7.08. The van der Waals surface area contributed by atoms with E-state index in [0.29, 0.717) is 30.1 Å². The summed E-state index contributed by atoms with van der Waals surface area (Å²) in [6, 6.07) is 13.4. The van der Waals surface area contributed by atoms with Crippen molar-refractivity contribution in [2.75, 3.05) is 0 Å². The number of carbonyl (C=O) groups is 1. The fraction of sp³-hybridized carbons (Fsp3) is 0.318. The minimum absolute atomic E-state index is 0.00470. The van der Waals surface area contributed by atoms with Gasteiger partial charge in [0, 0.05) is 18.7 Å². The molecule has 5 heteroatoms. The Bertz CT molecular complexity index is 1000. The van der Waals surface area contributed by atoms with E-state index < -0.39 is 0 Å². The predicted molar refractivity (Wildman–Crippen MR) is 105 cm³/mol. The number of esters is 1. The van der Waals surface area contributed by atoms with Gasteiger partial charge in [0.05, 0.1) is 5.69 Å². The zero-order valence-corrected chi connectivity index (χ0v) is 15.9. The maximum atomic E-state index is 12.2. The van der Waals surface area contributed by atoms with Gasteiger partial charge in [0.1, 0.15) is 12.3 Å². The standard InChI is InChI=1S/C22H24N2O3/c1-15(2)18-8-5-17(6-9-18)7-11-22(26)27-14-19-12-21(25)24-13-16(3)4-10-20(24)23-19/h4-6,8-10,12-13,15H,7,11,14H2,1-3H3. The summed E-state index contributed by atoms with van der Waals surface area (Å²) in [7, 11) is 0. The second-order valence-corrected chi connectivity index (χ2v) is 7.08. The largest absolute Gasteiger partial charge is 0.459 e. The van der Waals surface area contributed by atoms with Gasteiger partial charge in [-0.05, 0) is 42.0 Å². The monoisotopic (exact) mass is 364 g/mol. The van der Waals surface area contributed by atoms with E-state index in [2.05, 4.69) is 43.1 Å². The highest BCUT2D eigenvalue weighted by atomic mass is 16.5. The Morgan fingerprint density at radius 1 is 1.15 bits per heavy atom. The van der Waals surface area contributed by atoms with Crippen molar-refractivity contribution in [3.05, 3.63) is 81.4 Å². The van der Waals surface area contributed by atoms with Gasteiger partial charge < -0.3 is 4.74 Å². The number of aryl methyl sites for hydroxylation is 2. The van der Waals surface area contributed by atoms with Crippen molar-refractivity contribution in [1.82, 2.24) is 9.38 Å². The van der Waals surface area contributed by atoms with Crippen LogP contribution in [0.2, 0.25) is 0 Å². The average molecular weight is 364 g/mol. The smallest absolute Gasteiger partial charge is 0.306 e. The van der Waals surface area contributed by atoms with E-state index >= 15 is 0 Å². The third-order valence-corrected chi connectivity index (χ3v) is 4.51. The molecule has 0 atom stereocenters. The molecule has 0 radical (unpaired) electrons. The van der Waals surface area contributed by atoms with Crippen LogP contribution in [0.25, 0.3) is 5.65 Å². The zero-order valence-electron chi connectivity index (χ0n) is 15.9. The van der Waals surface area contributed by atoms with Gasteiger partial charge in [-0.2, -0.15) is 0 Å². The lowest BCUT2D eigenvalue weighted by Gasteiger charge is -2.08. The van der Waals surface area contributed by atoms with E-state index in [-0.39, 0.29) is 18.1 Å². The van der Waals surface area contributed by atoms with Crippen LogP contribution in [0, 0.1) is 6.92 Å². The molecular weight excluding hydrogens is 340 g/mol. The number of benzene rings is 1. The van der Waals surface area contributed by atoms with Crippen molar-refractivity contribution < 1.29 is 9.53 Å². The summed E-state index contributed by atoms with van der Waals surface area (Å²) in [5.41, 5.74) is 4.19. The van der Waals surface area contributed by atoms with Crippen LogP contribution in [-0.4, -0.2) is 15.4 Å². The van der Waals surface area contributed by atoms with Gasteiger partial charge in [0.25, 0.3) is 5.56 Å². The van der Waals surface area contributed by atoms with Gasteiger partial charge in [-0.15, -0.1) is 0 Å². The highest BCUT2D eigenvalue weighted by molar-refractivity contribution is 5.69. The molecule has 27 heavy (non-hydrogen) atoms. The Labute approximate surface area is 158 Å². The summed E-state index contributed by atoms with van der Waals surface area (Å²) in [4.78, 5) is 28.6. The van der Waals surface area contributed by atoms with Crippen LogP contribution in [0.5, 0.6) is 0 Å². The Morgan fingerprint density at radius 2 is 1.89 bits per heavy atom. The Kier molecular flexibility index (Phi) is 5.69. The lowest BCUT2D eigenvalue weighted by Crippen LogP contribution is -2.17. The first-order valence-corrected chi connectivity index (χ1v) is 9.16. The van der Waals surface area contributed by atoms with E-state index in [1.807, 2.05) is 13.0 Å². The molecule has 0 N–H and O–H groups in total. The number of carbonyl (C=O) groups excluding carboxylic acids is 1. The van der Waals surface area contributed by atoms with Crippen LogP contribution < -0.4 is 5.56 Å². The van der Waals surface area contributed by atoms with Crippen LogP contribution >= 0.6 is 0 Å². The quantitative estimate of drug-likeness (QED) is 0.624. The van der Waals surface area contributed by atoms with Gasteiger partial charge in [-0.1, -0.05) is 44.2 Å². The summed E-state index contributed by atoms with van der Waals surface area (Å²) in [5, 5.41) is 0. The van der Waals surface area contributed by atoms with Crippen molar-refractivity contribution in [3.63, 3.8) is 0 Å². The van der Waals surface area contributed by atoms with Crippen LogP contribution in [0.1, 0.15) is 48.6 Å². The minimum atomic E-state index is -0.297. The topological polar surface area (TPSA) is 60.7 Å². The van der Waals surface area contributed by atoms with Gasteiger partial charge >= 0.3 is 5.97 Å². The SMILES string of the molecule is Cc1ccc2nc(COC(=O)CCc3ccc(C(C)C)cc3)cc(=O)n2c1. The number of hydrogen-bond acceptors (Lipinski definition) is 4. The van der Waals surface area contributed by atoms with Crippen molar-refractivity contribution in [2.45, 2.75) is 46.1 Å². The number of nitrogens with zero attached hydrogens (tertiary/aromatic N) is 2. The molecule has 3 aromatic rings. The maximum absolute atomic E-state index is 12.2. The predicted octanol–water partition coefficient (Wildman–Crippen LogP) is 3.80. The molecule has 0 bridgehead atoms. The van der Waals surface area contributed by atoms with E-state index in [1.54, 1.807) is 12.3 Å². The molecular formula is C22H24N2O3. The molecule has 0 aliphatic heterocycles. The zero-order chi connectivity index (χ0) is 19.4. The van der Waals surface area contributed by atoms with Gasteiger partial charge in [-0.25, -0.2) is 4.98 Å². The van der Waals surface area contributed by atoms with Crippen molar-refractivity contribution in [2.24, 2.45) is 0 Å². The van der Waals surface area contributed by atoms with E-state index in [4.69, 9.17) is 4.74 Å². The number of aromatic nitrogens is 2. The van der Waals surface area contributed by atoms with Crippen LogP contribution in [0.15, 0.2) is 53.5 Å². The van der Waals surface area contributed by atoms with E-state index in [0.717, 1.165) is 11.1 Å². The van der Waals surface area contributed by atoms with Crippen molar-refractivity contribution in [3.8, 4) is 0 Å². The van der Waals surface area contributed by atoms with Crippen molar-refractivity contribution >= 4 is 11.6 Å². The molecule has 0 saturated heterocycles. The van der Waals surface area contributed by atoms with E-state index in [9.17, 15) is 9.59 Å². The molecule has 2 aromatic heterocycles. The van der Waals surface area contributed by atoms with Crippen LogP contribution in [0.4, 0.5) is 0 Å². The summed E-state index contributed by atoms with van der Waals surface area (Å²) in [5.74, 6) is 0.195. The molecule has 0 amide bonds. The molecule has 5 nitrogen and oxygen atoms in total. The normalized spacial score (nSPS) is 11.1. The maximum Gasteiger partial charge on any atom is 0.306 e. The summed E-state index contributed by atoms with van der Waals surface area (Å²) >= 11 is 0. The number of hydrogen-bond donors (Lipinski definition) is 0. The molecule has 3 rings (SSSR count). The highest BCUT2D eigenvalue weighted by Crippen LogP contribution is 2.15. The molecule has 0 unspecified atom stereocenters. The third-order valence-electron chi connectivity index (χ3n) is 4.51. The average Bonchev–Trinajstić information content (AvgIpc) is 2.65. The van der Waals surface area contributed by atoms with E-state index in [1.165, 1.54) is 16.0 Å². The fourth-order valence-corrected chi connectivity index (χ4v) is 2.87. The van der Waals surface area contributed by atoms with Gasteiger partial charge in [-0.3, -0.25) is 14.0 Å². The fourth-order valence-electron chi connectivity index (χ4n) is 2.87. The second kappa shape index (κ2) is 8.16. The lowest BCUT2D eigenvalue weighted by atomic mass is 10.0. The molecule has 1 aromatic carbocycles. The number of fused-ring (bicyclic) bond motifs is 1. The molecule has 0 saturated carbocycles. The summed E-state index contributed by atoms with van der Waals surface area (Å²) in [6.07, 6.45) is 2.67. The molecule has 0 aliphatic rings. The minimum Gasteiger partial charge on any atom is -0.459 e. The molecule has 0 fully saturated rings. The first-order chi connectivity index (χ1) is 12.9. The van der Waals surface area contributed by atoms with Crippen molar-refractivity contribution in [1.29, 1.82) is 0 Å². The highest BCUT2D eigenvalue weighted by Gasteiger charge is 2.08. The third kappa shape index (κ3) is 4.82. The van der Waals surface area contributed by atoms with Gasteiger partial charge in [0.2, 0.25) is 0 Å². The van der Waals surface area contributed by atoms with Crippen LogP contribution in [-0.2, 0) is 22.6 Å². The Morgan fingerprint density at radius 3 is 2.59 bits per heavy atom. The molecule has 2 heterocycles. The van der Waals surface area contributed by atoms with Gasteiger partial charge in [0.15, 0.2) is 0 Å². The number of pyridine rings is 1. The first kappa shape index (κ1) is 18.8. The summed E-state index contributed by atoms with van der Waals surface area (Å²) < 4.78 is 6.78. The molecule has 0 spiro atoms. The lowest BCUT2D eigenvalue weighted by molar-refractivity contribution is -0.145. The number of ether oxygens (including phenoxy) is 1. The summed E-state index contributed by atoms with van der Waals surface area (Å²) in [6.45, 7) is 6.23. The molecule has 0 aliphatic carbocycles. The Balaban J connectivity index is 1.56. The first-order valence-electron chi connectivity index (χ1n) is 9.16. The molecule has 140 valence electrons. The number of rotatable bonds is 6.